The summed E-state index contributed by atoms with van der Waals surface area (Å²) in [6, 6.07) is 17.7. The standard InChI is InChI=1S/C28H31BrN6O2/c1-35-26-12-11-22(17-24(26)34-28(35)33-21-9-7-19(29)8-10-21)37-23-13-16-31-25(18-23)27(36)32-15-4-6-20-5-2-3-14-30-20/h7-13,16-18,20,30H,2-6,14-15H2,1H3,(H,32,36)(H,33,34). The van der Waals surface area contributed by atoms with E-state index in [0.717, 1.165) is 46.5 Å². The highest BCUT2D eigenvalue weighted by Gasteiger charge is 2.14. The van der Waals surface area contributed by atoms with Crippen LogP contribution in [0.25, 0.3) is 11.0 Å². The lowest BCUT2D eigenvalue weighted by Crippen LogP contribution is -2.35. The molecule has 1 unspecified atom stereocenters. The lowest BCUT2D eigenvalue weighted by molar-refractivity contribution is 0.0947. The van der Waals surface area contributed by atoms with E-state index in [2.05, 4.69) is 36.9 Å². The first-order chi connectivity index (χ1) is 18.0. The topological polar surface area (TPSA) is 93.1 Å². The van der Waals surface area contributed by atoms with Crippen LogP contribution in [0.3, 0.4) is 0 Å². The van der Waals surface area contributed by atoms with Crippen LogP contribution < -0.4 is 20.7 Å². The van der Waals surface area contributed by atoms with E-state index in [4.69, 9.17) is 9.72 Å². The first kappa shape index (κ1) is 25.2. The first-order valence-corrected chi connectivity index (χ1v) is 13.5. The molecule has 4 aromatic rings. The molecule has 3 N–H and O–H groups in total. The van der Waals surface area contributed by atoms with Gasteiger partial charge in [-0.25, -0.2) is 4.98 Å². The zero-order chi connectivity index (χ0) is 25.6. The quantitative estimate of drug-likeness (QED) is 0.219. The van der Waals surface area contributed by atoms with E-state index in [1.54, 1.807) is 18.3 Å². The van der Waals surface area contributed by atoms with Gasteiger partial charge in [0, 0.05) is 48.1 Å². The third-order valence-corrected chi connectivity index (χ3v) is 7.11. The van der Waals surface area contributed by atoms with Crippen molar-refractivity contribution in [1.82, 2.24) is 25.2 Å². The van der Waals surface area contributed by atoms with E-state index in [0.29, 0.717) is 29.8 Å². The Morgan fingerprint density at radius 3 is 2.78 bits per heavy atom. The summed E-state index contributed by atoms with van der Waals surface area (Å²) in [6.07, 6.45) is 7.39. The van der Waals surface area contributed by atoms with Gasteiger partial charge >= 0.3 is 0 Å². The molecular formula is C28H31BrN6O2. The number of carbonyl (C=O) groups excluding carboxylic acids is 1. The molecule has 3 heterocycles. The first-order valence-electron chi connectivity index (χ1n) is 12.7. The van der Waals surface area contributed by atoms with Gasteiger partial charge in [0.05, 0.1) is 11.0 Å². The summed E-state index contributed by atoms with van der Waals surface area (Å²) in [5.74, 6) is 1.73. The van der Waals surface area contributed by atoms with E-state index in [9.17, 15) is 4.79 Å². The van der Waals surface area contributed by atoms with Crippen molar-refractivity contribution >= 4 is 44.5 Å². The second kappa shape index (κ2) is 11.7. The molecule has 8 nitrogen and oxygen atoms in total. The molecule has 192 valence electrons. The van der Waals surface area contributed by atoms with Gasteiger partial charge in [-0.2, -0.15) is 0 Å². The van der Waals surface area contributed by atoms with E-state index in [1.165, 1.54) is 19.3 Å². The van der Waals surface area contributed by atoms with Crippen LogP contribution in [-0.2, 0) is 7.05 Å². The SMILES string of the molecule is Cn1c(Nc2ccc(Br)cc2)nc2cc(Oc3ccnc(C(=O)NCCCC4CCCCN4)c3)ccc21. The number of hydrogen-bond acceptors (Lipinski definition) is 6. The Balaban J connectivity index is 1.20. The van der Waals surface area contributed by atoms with Crippen LogP contribution in [0, 0.1) is 0 Å². The molecule has 1 fully saturated rings. The highest BCUT2D eigenvalue weighted by Crippen LogP contribution is 2.28. The molecule has 1 saturated heterocycles. The summed E-state index contributed by atoms with van der Waals surface area (Å²) >= 11 is 3.46. The van der Waals surface area contributed by atoms with Crippen LogP contribution in [0.2, 0.25) is 0 Å². The highest BCUT2D eigenvalue weighted by atomic mass is 79.9. The van der Waals surface area contributed by atoms with Crippen LogP contribution in [0.5, 0.6) is 11.5 Å². The smallest absolute Gasteiger partial charge is 0.270 e. The highest BCUT2D eigenvalue weighted by molar-refractivity contribution is 9.10. The van der Waals surface area contributed by atoms with Gasteiger partial charge in [-0.05, 0) is 74.7 Å². The van der Waals surface area contributed by atoms with Gasteiger partial charge in [-0.15, -0.1) is 0 Å². The Bertz CT molecular complexity index is 1370. The van der Waals surface area contributed by atoms with Crippen LogP contribution >= 0.6 is 15.9 Å². The van der Waals surface area contributed by atoms with Crippen molar-refractivity contribution in [2.45, 2.75) is 38.1 Å². The fourth-order valence-corrected chi connectivity index (χ4v) is 4.83. The monoisotopic (exact) mass is 562 g/mol. The third-order valence-electron chi connectivity index (χ3n) is 6.58. The molecule has 0 aliphatic carbocycles. The fourth-order valence-electron chi connectivity index (χ4n) is 4.56. The molecule has 1 amide bonds. The van der Waals surface area contributed by atoms with Crippen molar-refractivity contribution in [3.05, 3.63) is 71.0 Å². The zero-order valence-corrected chi connectivity index (χ0v) is 22.4. The van der Waals surface area contributed by atoms with Gasteiger partial charge < -0.3 is 25.3 Å². The largest absolute Gasteiger partial charge is 0.457 e. The molecule has 2 aromatic heterocycles. The van der Waals surface area contributed by atoms with Crippen molar-refractivity contribution < 1.29 is 9.53 Å². The number of rotatable bonds is 9. The Morgan fingerprint density at radius 2 is 1.97 bits per heavy atom. The van der Waals surface area contributed by atoms with Gasteiger partial charge in [-0.3, -0.25) is 9.78 Å². The van der Waals surface area contributed by atoms with Crippen molar-refractivity contribution in [3.8, 4) is 11.5 Å². The molecule has 1 aliphatic rings. The summed E-state index contributed by atoms with van der Waals surface area (Å²) in [5, 5.41) is 9.88. The number of piperidine rings is 1. The van der Waals surface area contributed by atoms with E-state index >= 15 is 0 Å². The van der Waals surface area contributed by atoms with E-state index in [-0.39, 0.29) is 5.91 Å². The number of anilines is 2. The molecule has 0 bridgehead atoms. The number of nitrogens with one attached hydrogen (secondary N) is 3. The summed E-state index contributed by atoms with van der Waals surface area (Å²) in [4.78, 5) is 21.6. The number of amides is 1. The molecule has 37 heavy (non-hydrogen) atoms. The van der Waals surface area contributed by atoms with Gasteiger partial charge in [0.2, 0.25) is 5.95 Å². The molecule has 1 atom stereocenters. The Morgan fingerprint density at radius 1 is 1.14 bits per heavy atom. The number of pyridine rings is 1. The minimum atomic E-state index is -0.189. The number of imidazole rings is 1. The molecule has 0 radical (unpaired) electrons. The van der Waals surface area contributed by atoms with Crippen LogP contribution in [-0.4, -0.2) is 39.6 Å². The second-order valence-corrected chi connectivity index (χ2v) is 10.2. The predicted molar refractivity (Wildman–Crippen MR) is 150 cm³/mol. The number of ether oxygens (including phenoxy) is 1. The van der Waals surface area contributed by atoms with Gasteiger partial charge in [-0.1, -0.05) is 22.4 Å². The normalized spacial score (nSPS) is 15.5. The number of aromatic nitrogens is 3. The minimum absolute atomic E-state index is 0.189. The number of aryl methyl sites for hydroxylation is 1. The minimum Gasteiger partial charge on any atom is -0.457 e. The third kappa shape index (κ3) is 6.47. The fraction of sp³-hybridized carbons (Fsp3) is 0.321. The van der Waals surface area contributed by atoms with E-state index in [1.807, 2.05) is 54.1 Å². The van der Waals surface area contributed by atoms with Gasteiger partial charge in [0.15, 0.2) is 0 Å². The van der Waals surface area contributed by atoms with Crippen molar-refractivity contribution in [2.75, 3.05) is 18.4 Å². The van der Waals surface area contributed by atoms with Crippen LogP contribution in [0.1, 0.15) is 42.6 Å². The predicted octanol–water partition coefficient (Wildman–Crippen LogP) is 5.92. The Hall–Kier alpha value is -3.43. The number of halogens is 1. The number of nitrogens with zero attached hydrogens (tertiary/aromatic N) is 3. The van der Waals surface area contributed by atoms with Crippen molar-refractivity contribution in [3.63, 3.8) is 0 Å². The average molecular weight is 564 g/mol. The Kier molecular flexibility index (Phi) is 8.01. The molecule has 0 saturated carbocycles. The van der Waals surface area contributed by atoms with Crippen LogP contribution in [0.4, 0.5) is 11.6 Å². The Labute approximate surface area is 225 Å². The van der Waals surface area contributed by atoms with Crippen molar-refractivity contribution in [1.29, 1.82) is 0 Å². The number of fused-ring (bicyclic) bond motifs is 1. The van der Waals surface area contributed by atoms with Crippen LogP contribution in [0.15, 0.2) is 65.3 Å². The maximum Gasteiger partial charge on any atom is 0.270 e. The maximum atomic E-state index is 12.6. The van der Waals surface area contributed by atoms with E-state index < -0.39 is 0 Å². The summed E-state index contributed by atoms with van der Waals surface area (Å²) in [6.45, 7) is 1.74. The molecule has 1 aliphatic heterocycles. The molecule has 2 aromatic carbocycles. The number of carbonyl (C=O) groups is 1. The lowest BCUT2D eigenvalue weighted by atomic mass is 10.0. The average Bonchev–Trinajstić information content (AvgIpc) is 3.22. The molecule has 9 heteroatoms. The zero-order valence-electron chi connectivity index (χ0n) is 20.8. The van der Waals surface area contributed by atoms with Gasteiger partial charge in [0.1, 0.15) is 17.2 Å². The molecule has 0 spiro atoms. The summed E-state index contributed by atoms with van der Waals surface area (Å²) in [7, 11) is 1.97. The molecular weight excluding hydrogens is 532 g/mol. The van der Waals surface area contributed by atoms with Crippen molar-refractivity contribution in [2.24, 2.45) is 7.05 Å². The summed E-state index contributed by atoms with van der Waals surface area (Å²) < 4.78 is 9.08. The lowest BCUT2D eigenvalue weighted by Gasteiger charge is -2.23. The number of benzene rings is 2. The molecule has 5 rings (SSSR count). The second-order valence-electron chi connectivity index (χ2n) is 9.30. The summed E-state index contributed by atoms with van der Waals surface area (Å²) in [5.41, 5.74) is 3.07. The number of hydrogen-bond donors (Lipinski definition) is 3. The maximum absolute atomic E-state index is 12.6. The van der Waals surface area contributed by atoms with Gasteiger partial charge in [0.25, 0.3) is 5.91 Å².